The molecule has 136 valence electrons. The summed E-state index contributed by atoms with van der Waals surface area (Å²) in [7, 11) is -3.13. The maximum Gasteiger partial charge on any atom is 0.273 e. The minimum Gasteiger partial charge on any atom is -0.297 e. The van der Waals surface area contributed by atoms with Crippen LogP contribution in [-0.2, 0) is 25.8 Å². The van der Waals surface area contributed by atoms with Crippen molar-refractivity contribution >= 4 is 43.8 Å². The number of hydrazone groups is 1. The number of carbonyl (C=O) groups excluding carboxylic acids is 2. The second kappa shape index (κ2) is 6.83. The highest BCUT2D eigenvalue weighted by molar-refractivity contribution is 7.91. The molecule has 0 aliphatic carbocycles. The molecule has 10 heteroatoms. The molecule has 0 radical (unpaired) electrons. The van der Waals surface area contributed by atoms with E-state index in [4.69, 9.17) is 0 Å². The highest BCUT2D eigenvalue weighted by atomic mass is 32.2. The molecule has 0 bridgehead atoms. The molecule has 3 heterocycles. The summed E-state index contributed by atoms with van der Waals surface area (Å²) in [6.45, 7) is 3.95. The standard InChI is InChI=1S/C15H20N4O4S2/c1-3-11-9(2)24-15(16-11)17-14(21)12-4-5-13(20)19(18-12)10-6-7-25(22,23)8-10/h10H,3-8H2,1-2H3,(H,16,17,21). The van der Waals surface area contributed by atoms with Gasteiger partial charge in [-0.15, -0.1) is 11.3 Å². The van der Waals surface area contributed by atoms with Crippen LogP contribution in [0.5, 0.6) is 0 Å². The van der Waals surface area contributed by atoms with Crippen LogP contribution in [0.15, 0.2) is 5.10 Å². The lowest BCUT2D eigenvalue weighted by Crippen LogP contribution is -2.42. The highest BCUT2D eigenvalue weighted by Crippen LogP contribution is 2.24. The Morgan fingerprint density at radius 3 is 2.76 bits per heavy atom. The fraction of sp³-hybridized carbons (Fsp3) is 0.600. The molecule has 1 atom stereocenters. The smallest absolute Gasteiger partial charge is 0.273 e. The van der Waals surface area contributed by atoms with Crippen LogP contribution in [0, 0.1) is 6.92 Å². The summed E-state index contributed by atoms with van der Waals surface area (Å²) in [5, 5.41) is 8.58. The maximum atomic E-state index is 12.4. The molecule has 0 aromatic carbocycles. The highest BCUT2D eigenvalue weighted by Gasteiger charge is 2.37. The van der Waals surface area contributed by atoms with Gasteiger partial charge in [0.1, 0.15) is 5.71 Å². The summed E-state index contributed by atoms with van der Waals surface area (Å²) in [5.74, 6) is -0.675. The molecule has 0 spiro atoms. The van der Waals surface area contributed by atoms with Crippen molar-refractivity contribution in [2.24, 2.45) is 5.10 Å². The number of hydrogen-bond donors (Lipinski definition) is 1. The molecule has 2 aliphatic heterocycles. The van der Waals surface area contributed by atoms with Crippen molar-refractivity contribution in [3.63, 3.8) is 0 Å². The summed E-state index contributed by atoms with van der Waals surface area (Å²) in [4.78, 5) is 29.9. The number of anilines is 1. The summed E-state index contributed by atoms with van der Waals surface area (Å²) in [6.07, 6.45) is 1.54. The lowest BCUT2D eigenvalue weighted by molar-refractivity contribution is -0.133. The first-order valence-electron chi connectivity index (χ1n) is 8.16. The maximum absolute atomic E-state index is 12.4. The third-order valence-corrected chi connectivity index (χ3v) is 7.00. The van der Waals surface area contributed by atoms with Crippen molar-refractivity contribution < 1.29 is 18.0 Å². The molecule has 8 nitrogen and oxygen atoms in total. The molecule has 1 N–H and O–H groups in total. The number of aryl methyl sites for hydroxylation is 2. The Morgan fingerprint density at radius 2 is 2.16 bits per heavy atom. The van der Waals surface area contributed by atoms with Crippen molar-refractivity contribution in [1.82, 2.24) is 9.99 Å². The van der Waals surface area contributed by atoms with Crippen LogP contribution in [0.3, 0.4) is 0 Å². The summed E-state index contributed by atoms with van der Waals surface area (Å²) in [5.41, 5.74) is 1.17. The number of carbonyl (C=O) groups is 2. The van der Waals surface area contributed by atoms with Crippen LogP contribution in [0.1, 0.15) is 36.8 Å². The summed E-state index contributed by atoms with van der Waals surface area (Å²) >= 11 is 1.40. The molecule has 1 aromatic rings. The average molecular weight is 384 g/mol. The number of amides is 2. The predicted octanol–water partition coefficient (Wildman–Crippen LogP) is 1.12. The number of sulfone groups is 1. The van der Waals surface area contributed by atoms with Crippen LogP contribution in [0.25, 0.3) is 0 Å². The fourth-order valence-corrected chi connectivity index (χ4v) is 5.56. The van der Waals surface area contributed by atoms with Gasteiger partial charge in [-0.05, 0) is 19.8 Å². The van der Waals surface area contributed by atoms with E-state index < -0.39 is 21.8 Å². The predicted molar refractivity (Wildman–Crippen MR) is 95.4 cm³/mol. The third kappa shape index (κ3) is 3.90. The van der Waals surface area contributed by atoms with Gasteiger partial charge in [-0.3, -0.25) is 14.9 Å². The van der Waals surface area contributed by atoms with Crippen molar-refractivity contribution in [2.45, 2.75) is 45.6 Å². The Morgan fingerprint density at radius 1 is 1.40 bits per heavy atom. The molecule has 1 unspecified atom stereocenters. The first kappa shape index (κ1) is 18.0. The molecule has 2 aliphatic rings. The fourth-order valence-electron chi connectivity index (χ4n) is 2.97. The van der Waals surface area contributed by atoms with E-state index in [2.05, 4.69) is 15.4 Å². The molecule has 1 aromatic heterocycles. The van der Waals surface area contributed by atoms with Crippen molar-refractivity contribution in [2.75, 3.05) is 16.8 Å². The summed E-state index contributed by atoms with van der Waals surface area (Å²) in [6, 6.07) is -0.477. The van der Waals surface area contributed by atoms with Crippen LogP contribution in [0.2, 0.25) is 0 Å². The zero-order valence-corrected chi connectivity index (χ0v) is 15.7. The van der Waals surface area contributed by atoms with Crippen molar-refractivity contribution in [1.29, 1.82) is 0 Å². The quantitative estimate of drug-likeness (QED) is 0.837. The number of aromatic nitrogens is 1. The molecular formula is C15H20N4O4S2. The first-order valence-corrected chi connectivity index (χ1v) is 10.8. The molecule has 1 saturated heterocycles. The number of rotatable bonds is 4. The van der Waals surface area contributed by atoms with Gasteiger partial charge in [0.05, 0.1) is 23.2 Å². The van der Waals surface area contributed by atoms with Crippen molar-refractivity contribution in [3.8, 4) is 0 Å². The van der Waals surface area contributed by atoms with Gasteiger partial charge in [0, 0.05) is 17.7 Å². The van der Waals surface area contributed by atoms with Gasteiger partial charge in [-0.2, -0.15) is 5.10 Å². The monoisotopic (exact) mass is 384 g/mol. The number of nitrogens with zero attached hydrogens (tertiary/aromatic N) is 3. The second-order valence-electron chi connectivity index (χ2n) is 6.17. The van der Waals surface area contributed by atoms with Crippen LogP contribution in [0.4, 0.5) is 5.13 Å². The largest absolute Gasteiger partial charge is 0.297 e. The van der Waals surface area contributed by atoms with Crippen LogP contribution >= 0.6 is 11.3 Å². The van der Waals surface area contributed by atoms with Gasteiger partial charge < -0.3 is 0 Å². The Balaban J connectivity index is 1.75. The molecule has 0 saturated carbocycles. The van der Waals surface area contributed by atoms with Crippen LogP contribution < -0.4 is 5.32 Å². The van der Waals surface area contributed by atoms with Gasteiger partial charge in [0.25, 0.3) is 5.91 Å². The van der Waals surface area contributed by atoms with E-state index in [9.17, 15) is 18.0 Å². The molecule has 1 fully saturated rings. The van der Waals surface area contributed by atoms with Gasteiger partial charge in [0.15, 0.2) is 15.0 Å². The lowest BCUT2D eigenvalue weighted by atomic mass is 10.1. The third-order valence-electron chi connectivity index (χ3n) is 4.32. The molecule has 25 heavy (non-hydrogen) atoms. The van der Waals surface area contributed by atoms with Gasteiger partial charge >= 0.3 is 0 Å². The van der Waals surface area contributed by atoms with Crippen molar-refractivity contribution in [3.05, 3.63) is 10.6 Å². The first-order chi connectivity index (χ1) is 11.8. The normalized spacial score (nSPS) is 22.8. The van der Waals surface area contributed by atoms with E-state index in [1.165, 1.54) is 16.3 Å². The average Bonchev–Trinajstić information content (AvgIpc) is 3.09. The Hall–Kier alpha value is -1.81. The zero-order chi connectivity index (χ0) is 18.2. The minimum absolute atomic E-state index is 0.0523. The summed E-state index contributed by atoms with van der Waals surface area (Å²) < 4.78 is 23.3. The zero-order valence-electron chi connectivity index (χ0n) is 14.1. The lowest BCUT2D eigenvalue weighted by Gasteiger charge is -2.27. The van der Waals surface area contributed by atoms with Gasteiger partial charge in [-0.25, -0.2) is 18.4 Å². The number of thiazole rings is 1. The Bertz CT molecular complexity index is 844. The van der Waals surface area contributed by atoms with E-state index in [0.717, 1.165) is 17.0 Å². The second-order valence-corrected chi connectivity index (χ2v) is 9.60. The number of nitrogens with one attached hydrogen (secondary N) is 1. The minimum atomic E-state index is -3.13. The van der Waals surface area contributed by atoms with Crippen LogP contribution in [-0.4, -0.2) is 53.5 Å². The number of hydrogen-bond acceptors (Lipinski definition) is 7. The SMILES string of the molecule is CCc1nc(NC(=O)C2=NN(C3CCS(=O)(=O)C3)C(=O)CC2)sc1C. The Kier molecular flexibility index (Phi) is 4.92. The van der Waals surface area contributed by atoms with Gasteiger partial charge in [-0.1, -0.05) is 6.92 Å². The van der Waals surface area contributed by atoms with E-state index in [1.807, 2.05) is 13.8 Å². The molecular weight excluding hydrogens is 364 g/mol. The topological polar surface area (TPSA) is 109 Å². The van der Waals surface area contributed by atoms with E-state index in [-0.39, 0.29) is 36.0 Å². The van der Waals surface area contributed by atoms with E-state index in [1.54, 1.807) is 0 Å². The van der Waals surface area contributed by atoms with E-state index in [0.29, 0.717) is 11.6 Å². The molecule has 3 rings (SSSR count). The Labute approximate surface area is 150 Å². The van der Waals surface area contributed by atoms with E-state index >= 15 is 0 Å². The van der Waals surface area contributed by atoms with Gasteiger partial charge in [0.2, 0.25) is 5.91 Å². The molecule has 2 amide bonds.